The van der Waals surface area contributed by atoms with Gasteiger partial charge in [0.15, 0.2) is 9.84 Å². The third-order valence-corrected chi connectivity index (χ3v) is 4.18. The first-order valence-electron chi connectivity index (χ1n) is 6.51. The van der Waals surface area contributed by atoms with Crippen LogP contribution in [0.4, 0.5) is 4.39 Å². The number of rotatable bonds is 6. The number of carbonyl (C=O) groups excluding carboxylic acids is 1. The van der Waals surface area contributed by atoms with E-state index in [9.17, 15) is 22.7 Å². The minimum absolute atomic E-state index is 0.112. The van der Waals surface area contributed by atoms with Crippen LogP contribution in [-0.4, -0.2) is 38.4 Å². The molecule has 0 radical (unpaired) electrons. The number of carbonyl (C=O) groups is 1. The number of aliphatic hydroxyl groups is 1. The first kappa shape index (κ1) is 17.6. The Morgan fingerprint density at radius 3 is 2.19 bits per heavy atom. The SMILES string of the molecule is CC(C)C(=O)N[C@H](CF)[C@H](O)c1ccc(S(C)(=O)=O)cc1. The van der Waals surface area contributed by atoms with Gasteiger partial charge in [-0.15, -0.1) is 0 Å². The van der Waals surface area contributed by atoms with Gasteiger partial charge in [-0.1, -0.05) is 26.0 Å². The van der Waals surface area contributed by atoms with Crippen LogP contribution in [0, 0.1) is 5.92 Å². The quantitative estimate of drug-likeness (QED) is 0.827. The molecule has 2 N–H and O–H groups in total. The van der Waals surface area contributed by atoms with Gasteiger partial charge in [0.25, 0.3) is 0 Å². The van der Waals surface area contributed by atoms with Gasteiger partial charge in [-0.05, 0) is 17.7 Å². The second-order valence-corrected chi connectivity index (χ2v) is 7.23. The van der Waals surface area contributed by atoms with Crippen LogP contribution in [0.15, 0.2) is 29.2 Å². The fourth-order valence-corrected chi connectivity index (χ4v) is 2.33. The molecule has 1 rings (SSSR count). The third kappa shape index (κ3) is 4.78. The summed E-state index contributed by atoms with van der Waals surface area (Å²) in [6.45, 7) is 2.41. The topological polar surface area (TPSA) is 83.5 Å². The monoisotopic (exact) mass is 317 g/mol. The van der Waals surface area contributed by atoms with E-state index in [1.807, 2.05) is 0 Å². The van der Waals surface area contributed by atoms with Crippen molar-refractivity contribution in [2.45, 2.75) is 30.9 Å². The Bertz CT molecular complexity index is 583. The summed E-state index contributed by atoms with van der Waals surface area (Å²) in [5.74, 6) is -0.677. The van der Waals surface area contributed by atoms with Gasteiger partial charge in [-0.3, -0.25) is 4.79 Å². The zero-order valence-corrected chi connectivity index (χ0v) is 13.0. The van der Waals surface area contributed by atoms with Gasteiger partial charge < -0.3 is 10.4 Å². The van der Waals surface area contributed by atoms with E-state index in [-0.39, 0.29) is 16.7 Å². The molecular formula is C14H20FNO4S. The highest BCUT2D eigenvalue weighted by atomic mass is 32.2. The molecule has 1 aromatic carbocycles. The van der Waals surface area contributed by atoms with Crippen LogP contribution >= 0.6 is 0 Å². The molecule has 7 heteroatoms. The van der Waals surface area contributed by atoms with Crippen molar-refractivity contribution in [1.82, 2.24) is 5.32 Å². The summed E-state index contributed by atoms with van der Waals surface area (Å²) in [5.41, 5.74) is 0.342. The molecule has 118 valence electrons. The maximum atomic E-state index is 13.0. The number of halogens is 1. The zero-order chi connectivity index (χ0) is 16.2. The molecule has 21 heavy (non-hydrogen) atoms. The van der Waals surface area contributed by atoms with Crippen molar-refractivity contribution >= 4 is 15.7 Å². The van der Waals surface area contributed by atoms with Crippen molar-refractivity contribution in [3.8, 4) is 0 Å². The van der Waals surface area contributed by atoms with Crippen molar-refractivity contribution in [1.29, 1.82) is 0 Å². The zero-order valence-electron chi connectivity index (χ0n) is 12.2. The summed E-state index contributed by atoms with van der Waals surface area (Å²) in [7, 11) is -3.33. The van der Waals surface area contributed by atoms with Gasteiger partial charge in [0.2, 0.25) is 5.91 Å². The molecular weight excluding hydrogens is 297 g/mol. The number of sulfone groups is 1. The van der Waals surface area contributed by atoms with Crippen LogP contribution in [0.3, 0.4) is 0 Å². The largest absolute Gasteiger partial charge is 0.386 e. The number of amides is 1. The predicted octanol–water partition coefficient (Wildman–Crippen LogP) is 1.23. The van der Waals surface area contributed by atoms with Crippen LogP contribution in [-0.2, 0) is 14.6 Å². The molecule has 0 aliphatic rings. The van der Waals surface area contributed by atoms with E-state index in [1.165, 1.54) is 24.3 Å². The molecule has 0 aliphatic heterocycles. The molecule has 0 fully saturated rings. The van der Waals surface area contributed by atoms with Gasteiger partial charge in [0.05, 0.1) is 10.9 Å². The first-order chi connectivity index (χ1) is 9.66. The summed E-state index contributed by atoms with van der Waals surface area (Å²) < 4.78 is 35.7. The minimum atomic E-state index is -3.33. The van der Waals surface area contributed by atoms with Gasteiger partial charge >= 0.3 is 0 Å². The molecule has 0 unspecified atom stereocenters. The smallest absolute Gasteiger partial charge is 0.222 e. The minimum Gasteiger partial charge on any atom is -0.386 e. The van der Waals surface area contributed by atoms with Crippen molar-refractivity contribution in [2.75, 3.05) is 12.9 Å². The van der Waals surface area contributed by atoms with Crippen LogP contribution in [0.5, 0.6) is 0 Å². The van der Waals surface area contributed by atoms with Gasteiger partial charge in [-0.2, -0.15) is 0 Å². The Balaban J connectivity index is 2.90. The molecule has 2 atom stereocenters. The lowest BCUT2D eigenvalue weighted by molar-refractivity contribution is -0.125. The molecule has 0 heterocycles. The number of alkyl halides is 1. The summed E-state index contributed by atoms with van der Waals surface area (Å²) in [6, 6.07) is 4.43. The fourth-order valence-electron chi connectivity index (χ4n) is 1.70. The lowest BCUT2D eigenvalue weighted by atomic mass is 10.0. The van der Waals surface area contributed by atoms with Crippen LogP contribution in [0.1, 0.15) is 25.5 Å². The molecule has 0 saturated carbocycles. The molecule has 0 spiro atoms. The van der Waals surface area contributed by atoms with Crippen molar-refractivity contribution < 1.29 is 22.7 Å². The van der Waals surface area contributed by atoms with Crippen molar-refractivity contribution in [3.63, 3.8) is 0 Å². The third-order valence-electron chi connectivity index (χ3n) is 3.05. The average molecular weight is 317 g/mol. The van der Waals surface area contributed by atoms with Crippen LogP contribution < -0.4 is 5.32 Å². The van der Waals surface area contributed by atoms with Crippen LogP contribution in [0.25, 0.3) is 0 Å². The number of hydrogen-bond donors (Lipinski definition) is 2. The number of aliphatic hydroxyl groups excluding tert-OH is 1. The van der Waals surface area contributed by atoms with Gasteiger partial charge in [0.1, 0.15) is 12.8 Å². The maximum Gasteiger partial charge on any atom is 0.222 e. The predicted molar refractivity (Wildman–Crippen MR) is 77.3 cm³/mol. The first-order valence-corrected chi connectivity index (χ1v) is 8.40. The highest BCUT2D eigenvalue weighted by molar-refractivity contribution is 7.90. The number of benzene rings is 1. The van der Waals surface area contributed by atoms with Crippen molar-refractivity contribution in [3.05, 3.63) is 29.8 Å². The highest BCUT2D eigenvalue weighted by Gasteiger charge is 2.24. The van der Waals surface area contributed by atoms with E-state index in [0.717, 1.165) is 6.26 Å². The lowest BCUT2D eigenvalue weighted by Crippen LogP contribution is -2.42. The summed E-state index contributed by atoms with van der Waals surface area (Å²) >= 11 is 0. The lowest BCUT2D eigenvalue weighted by Gasteiger charge is -2.23. The standard InChI is InChI=1S/C14H20FNO4S/c1-9(2)14(18)16-12(8-15)13(17)10-4-6-11(7-5-10)21(3,19)20/h4-7,9,12-13,17H,8H2,1-3H3,(H,16,18)/t12-,13-/m1/s1. The van der Waals surface area contributed by atoms with E-state index in [0.29, 0.717) is 5.56 Å². The molecule has 0 aliphatic carbocycles. The fraction of sp³-hybridized carbons (Fsp3) is 0.500. The molecule has 1 amide bonds. The Labute approximate surface area is 124 Å². The van der Waals surface area contributed by atoms with E-state index >= 15 is 0 Å². The summed E-state index contributed by atoms with van der Waals surface area (Å²) in [6.07, 6.45) is -0.169. The summed E-state index contributed by atoms with van der Waals surface area (Å²) in [5, 5.41) is 12.5. The average Bonchev–Trinajstić information content (AvgIpc) is 2.42. The Morgan fingerprint density at radius 2 is 1.81 bits per heavy atom. The second-order valence-electron chi connectivity index (χ2n) is 5.21. The maximum absolute atomic E-state index is 13.0. The molecule has 0 bridgehead atoms. The van der Waals surface area contributed by atoms with Gasteiger partial charge in [-0.25, -0.2) is 12.8 Å². The van der Waals surface area contributed by atoms with E-state index in [4.69, 9.17) is 0 Å². The normalized spacial score (nSPS) is 14.8. The molecule has 0 saturated heterocycles. The second kappa shape index (κ2) is 7.00. The number of hydrogen-bond acceptors (Lipinski definition) is 4. The molecule has 0 aromatic heterocycles. The van der Waals surface area contributed by atoms with E-state index in [2.05, 4.69) is 5.32 Å². The summed E-state index contributed by atoms with van der Waals surface area (Å²) in [4.78, 5) is 11.7. The number of nitrogens with one attached hydrogen (secondary N) is 1. The van der Waals surface area contributed by atoms with Crippen molar-refractivity contribution in [2.24, 2.45) is 5.92 Å². The Hall–Kier alpha value is -1.47. The van der Waals surface area contributed by atoms with E-state index < -0.39 is 28.7 Å². The Kier molecular flexibility index (Phi) is 5.86. The molecule has 1 aromatic rings. The molecule has 5 nitrogen and oxygen atoms in total. The van der Waals surface area contributed by atoms with Gasteiger partial charge in [0, 0.05) is 12.2 Å². The highest BCUT2D eigenvalue weighted by Crippen LogP contribution is 2.20. The Morgan fingerprint density at radius 1 is 1.29 bits per heavy atom. The van der Waals surface area contributed by atoms with E-state index in [1.54, 1.807) is 13.8 Å². The van der Waals surface area contributed by atoms with Crippen LogP contribution in [0.2, 0.25) is 0 Å².